The van der Waals surface area contributed by atoms with Crippen molar-refractivity contribution in [3.63, 3.8) is 0 Å². The van der Waals surface area contributed by atoms with Crippen LogP contribution >= 0.6 is 0 Å². The Morgan fingerprint density at radius 1 is 1.19 bits per heavy atom. The van der Waals surface area contributed by atoms with Gasteiger partial charge in [-0.1, -0.05) is 12.1 Å². The number of hydrogen-bond donors (Lipinski definition) is 0. The number of hydrogen-bond acceptors (Lipinski definition) is 3. The molecule has 8 heteroatoms. The van der Waals surface area contributed by atoms with Crippen LogP contribution < -0.4 is 0 Å². The lowest BCUT2D eigenvalue weighted by Crippen LogP contribution is -2.29. The average molecular weight is 250 g/mol. The van der Waals surface area contributed by atoms with Gasteiger partial charge in [-0.2, -0.15) is 21.6 Å². The molecule has 1 aromatic heterocycles. The van der Waals surface area contributed by atoms with Gasteiger partial charge in [-0.05, 0) is 12.1 Å². The molecule has 16 heavy (non-hydrogen) atoms. The highest BCUT2D eigenvalue weighted by Gasteiger charge is 2.47. The lowest BCUT2D eigenvalue weighted by Gasteiger charge is -2.08. The second kappa shape index (κ2) is 3.21. The van der Waals surface area contributed by atoms with Crippen molar-refractivity contribution in [2.75, 3.05) is 0 Å². The van der Waals surface area contributed by atoms with E-state index in [1.807, 2.05) is 0 Å². The van der Waals surface area contributed by atoms with Gasteiger partial charge in [0.1, 0.15) is 6.33 Å². The number of alkyl halides is 3. The van der Waals surface area contributed by atoms with Crippen molar-refractivity contribution in [3.05, 3.63) is 30.6 Å². The van der Waals surface area contributed by atoms with Crippen LogP contribution in [0.3, 0.4) is 0 Å². The highest BCUT2D eigenvalue weighted by atomic mass is 32.2. The summed E-state index contributed by atoms with van der Waals surface area (Å²) in [6, 6.07) is 5.68. The molecule has 0 unspecified atom stereocenters. The molecule has 86 valence electrons. The Bertz CT molecular complexity index is 630. The minimum absolute atomic E-state index is 0.0974. The van der Waals surface area contributed by atoms with Crippen LogP contribution in [0.15, 0.2) is 30.6 Å². The van der Waals surface area contributed by atoms with Crippen LogP contribution in [-0.4, -0.2) is 22.9 Å². The Hall–Kier alpha value is -1.57. The lowest BCUT2D eigenvalue weighted by molar-refractivity contribution is -0.0445. The van der Waals surface area contributed by atoms with Gasteiger partial charge in [0, 0.05) is 0 Å². The molecule has 0 fully saturated rings. The number of nitrogens with zero attached hydrogens (tertiary/aromatic N) is 2. The van der Waals surface area contributed by atoms with Crippen molar-refractivity contribution < 1.29 is 21.6 Å². The largest absolute Gasteiger partial charge is 0.517 e. The molecule has 2 rings (SSSR count). The first-order valence-corrected chi connectivity index (χ1v) is 5.52. The Kier molecular flexibility index (Phi) is 2.19. The van der Waals surface area contributed by atoms with E-state index in [0.29, 0.717) is 6.33 Å². The highest BCUT2D eigenvalue weighted by Crippen LogP contribution is 2.27. The second-order valence-corrected chi connectivity index (χ2v) is 4.79. The van der Waals surface area contributed by atoms with Crippen LogP contribution in [0, 0.1) is 0 Å². The van der Waals surface area contributed by atoms with Gasteiger partial charge in [-0.3, -0.25) is 0 Å². The summed E-state index contributed by atoms with van der Waals surface area (Å²) in [6.07, 6.45) is 0.646. The van der Waals surface area contributed by atoms with Crippen LogP contribution in [-0.2, 0) is 10.0 Å². The Balaban J connectivity index is 2.75. The van der Waals surface area contributed by atoms with E-state index in [4.69, 9.17) is 0 Å². The fraction of sp³-hybridized carbons (Fsp3) is 0.125. The molecule has 0 saturated carbocycles. The van der Waals surface area contributed by atoms with Crippen molar-refractivity contribution in [2.45, 2.75) is 5.51 Å². The molecular formula is C8H5F3N2O2S. The molecular weight excluding hydrogens is 245 g/mol. The zero-order valence-corrected chi connectivity index (χ0v) is 8.46. The van der Waals surface area contributed by atoms with Crippen molar-refractivity contribution in [1.29, 1.82) is 0 Å². The van der Waals surface area contributed by atoms with Crippen molar-refractivity contribution in [2.24, 2.45) is 0 Å². The third kappa shape index (κ3) is 1.45. The Morgan fingerprint density at radius 2 is 1.81 bits per heavy atom. The van der Waals surface area contributed by atoms with Crippen LogP contribution in [0.4, 0.5) is 13.2 Å². The quantitative estimate of drug-likeness (QED) is 0.774. The summed E-state index contributed by atoms with van der Waals surface area (Å²) in [7, 11) is -5.41. The molecule has 0 N–H and O–H groups in total. The van der Waals surface area contributed by atoms with E-state index < -0.39 is 15.5 Å². The SMILES string of the molecule is O=S(=O)(n1cnc2ccccc21)C(F)(F)F. The smallest absolute Gasteiger partial charge is 0.236 e. The summed E-state index contributed by atoms with van der Waals surface area (Å²) in [4.78, 5) is 3.58. The van der Waals surface area contributed by atoms with Crippen molar-refractivity contribution in [3.8, 4) is 0 Å². The summed E-state index contributed by atoms with van der Waals surface area (Å²) < 4.78 is 59.2. The number of benzene rings is 1. The predicted molar refractivity (Wildman–Crippen MR) is 50.1 cm³/mol. The fourth-order valence-corrected chi connectivity index (χ4v) is 2.05. The molecule has 1 aromatic carbocycles. The summed E-state index contributed by atoms with van der Waals surface area (Å²) >= 11 is 0. The molecule has 0 spiro atoms. The molecule has 0 aliphatic carbocycles. The van der Waals surface area contributed by atoms with Gasteiger partial charge in [0.2, 0.25) is 0 Å². The molecule has 4 nitrogen and oxygen atoms in total. The molecule has 0 atom stereocenters. The Morgan fingerprint density at radius 3 is 2.44 bits per heavy atom. The van der Waals surface area contributed by atoms with Gasteiger partial charge < -0.3 is 0 Å². The standard InChI is InChI=1S/C8H5F3N2O2S/c9-8(10,11)16(14,15)13-5-12-6-3-1-2-4-7(6)13/h1-5H. The van der Waals surface area contributed by atoms with Crippen molar-refractivity contribution in [1.82, 2.24) is 8.96 Å². The number of halogens is 3. The van der Waals surface area contributed by atoms with Gasteiger partial charge in [-0.25, -0.2) is 8.96 Å². The van der Waals surface area contributed by atoms with Gasteiger partial charge in [-0.15, -0.1) is 0 Å². The summed E-state index contributed by atoms with van der Waals surface area (Å²) in [5.74, 6) is 0. The van der Waals surface area contributed by atoms with Crippen LogP contribution in [0.5, 0.6) is 0 Å². The molecule has 0 aliphatic rings. The number of imidazole rings is 1. The highest BCUT2D eigenvalue weighted by molar-refractivity contribution is 7.90. The van der Waals surface area contributed by atoms with Gasteiger partial charge in [0.15, 0.2) is 0 Å². The molecule has 0 aliphatic heterocycles. The van der Waals surface area contributed by atoms with Crippen molar-refractivity contribution >= 4 is 21.1 Å². The summed E-state index contributed by atoms with van der Waals surface area (Å²) in [5.41, 5.74) is -5.24. The second-order valence-electron chi connectivity index (χ2n) is 2.98. The average Bonchev–Trinajstić information content (AvgIpc) is 2.59. The number of fused-ring (bicyclic) bond motifs is 1. The first-order chi connectivity index (χ1) is 7.34. The molecule has 2 aromatic rings. The molecule has 0 amide bonds. The first-order valence-electron chi connectivity index (χ1n) is 4.08. The van der Waals surface area contributed by atoms with E-state index in [0.717, 1.165) is 0 Å². The molecule has 0 radical (unpaired) electrons. The van der Waals surface area contributed by atoms with Gasteiger partial charge in [0.05, 0.1) is 11.0 Å². The van der Waals surface area contributed by atoms with Crippen LogP contribution in [0.25, 0.3) is 11.0 Å². The number of rotatable bonds is 1. The maximum absolute atomic E-state index is 12.3. The van der Waals surface area contributed by atoms with E-state index in [1.54, 1.807) is 6.07 Å². The summed E-state index contributed by atoms with van der Waals surface area (Å²) in [5, 5.41) is 0. The molecule has 1 heterocycles. The van der Waals surface area contributed by atoms with Gasteiger partial charge >= 0.3 is 15.5 Å². The minimum Gasteiger partial charge on any atom is -0.236 e. The zero-order chi connectivity index (χ0) is 12.0. The first kappa shape index (κ1) is 10.9. The maximum atomic E-state index is 12.3. The van der Waals surface area contributed by atoms with E-state index >= 15 is 0 Å². The molecule has 0 saturated heterocycles. The zero-order valence-electron chi connectivity index (χ0n) is 7.64. The van der Waals surface area contributed by atoms with E-state index in [9.17, 15) is 21.6 Å². The predicted octanol–water partition coefficient (Wildman–Crippen LogP) is 1.73. The normalized spacial score (nSPS) is 13.2. The number of para-hydroxylation sites is 2. The van der Waals surface area contributed by atoms with Crippen LogP contribution in [0.1, 0.15) is 0 Å². The van der Waals surface area contributed by atoms with Crippen LogP contribution in [0.2, 0.25) is 0 Å². The fourth-order valence-electron chi connectivity index (χ4n) is 1.24. The monoisotopic (exact) mass is 250 g/mol. The molecule has 0 bridgehead atoms. The minimum atomic E-state index is -5.41. The third-order valence-electron chi connectivity index (χ3n) is 1.97. The third-order valence-corrected chi connectivity index (χ3v) is 3.37. The van der Waals surface area contributed by atoms with E-state index in [-0.39, 0.29) is 15.0 Å². The topological polar surface area (TPSA) is 52.0 Å². The number of aromatic nitrogens is 2. The van der Waals surface area contributed by atoms with Gasteiger partial charge in [0.25, 0.3) is 0 Å². The maximum Gasteiger partial charge on any atom is 0.517 e. The van der Waals surface area contributed by atoms with E-state index in [1.165, 1.54) is 18.2 Å². The van der Waals surface area contributed by atoms with E-state index in [2.05, 4.69) is 4.98 Å². The lowest BCUT2D eigenvalue weighted by atomic mass is 10.3. The summed E-state index contributed by atoms with van der Waals surface area (Å²) in [6.45, 7) is 0. The Labute approximate surface area is 88.4 Å².